The number of fused-ring (bicyclic) bond motifs is 1. The number of ether oxygens (including phenoxy) is 1. The Morgan fingerprint density at radius 3 is 2.31 bits per heavy atom. The Labute approximate surface area is 249 Å². The molecule has 0 saturated heterocycles. The number of unbranched alkanes of at least 4 members (excludes halogenated alkanes) is 4. The molecule has 42 heavy (non-hydrogen) atoms. The Bertz CT molecular complexity index is 1380. The maximum Gasteiger partial charge on any atom is 0.408 e. The average Bonchev–Trinajstić information content (AvgIpc) is 2.92. The highest BCUT2D eigenvalue weighted by atomic mass is 16.6. The highest BCUT2D eigenvalue weighted by Gasteiger charge is 2.36. The number of aryl methyl sites for hydroxylation is 1. The molecule has 0 aliphatic rings. The van der Waals surface area contributed by atoms with Crippen molar-refractivity contribution in [2.24, 2.45) is 0 Å². The van der Waals surface area contributed by atoms with Crippen molar-refractivity contribution in [1.29, 1.82) is 0 Å². The predicted molar refractivity (Wildman–Crippen MR) is 167 cm³/mol. The predicted octanol–water partition coefficient (Wildman–Crippen LogP) is 7.25. The molecule has 2 atom stereocenters. The van der Waals surface area contributed by atoms with Gasteiger partial charge in [0, 0.05) is 17.8 Å². The van der Waals surface area contributed by atoms with E-state index in [-0.39, 0.29) is 12.3 Å². The lowest BCUT2D eigenvalue weighted by atomic mass is 9.98. The number of phenols is 1. The third-order valence-corrected chi connectivity index (χ3v) is 7.03. The third-order valence-electron chi connectivity index (χ3n) is 7.03. The molecule has 3 N–H and O–H groups in total. The summed E-state index contributed by atoms with van der Waals surface area (Å²) in [6.45, 7) is 11.0. The number of alkyl carbamates (subject to hydrolysis) is 1. The number of aromatic hydroxyl groups is 1. The smallest absolute Gasteiger partial charge is 0.408 e. The van der Waals surface area contributed by atoms with E-state index in [9.17, 15) is 19.5 Å². The minimum Gasteiger partial charge on any atom is -0.507 e. The fourth-order valence-corrected chi connectivity index (χ4v) is 4.88. The van der Waals surface area contributed by atoms with Gasteiger partial charge in [-0.2, -0.15) is 0 Å². The van der Waals surface area contributed by atoms with Gasteiger partial charge >= 0.3 is 6.09 Å². The van der Waals surface area contributed by atoms with Crippen molar-refractivity contribution in [1.82, 2.24) is 10.2 Å². The van der Waals surface area contributed by atoms with Gasteiger partial charge in [-0.15, -0.1) is 0 Å². The normalized spacial score (nSPS) is 12.8. The van der Waals surface area contributed by atoms with E-state index in [0.717, 1.165) is 36.5 Å². The van der Waals surface area contributed by atoms with E-state index in [1.165, 1.54) is 4.90 Å². The Kier molecular flexibility index (Phi) is 11.4. The zero-order chi connectivity index (χ0) is 30.9. The molecule has 8 heteroatoms. The van der Waals surface area contributed by atoms with Crippen LogP contribution in [0.2, 0.25) is 0 Å². The second kappa shape index (κ2) is 14.7. The van der Waals surface area contributed by atoms with E-state index < -0.39 is 35.6 Å². The second-order valence-corrected chi connectivity index (χ2v) is 11.8. The molecule has 0 aliphatic heterocycles. The lowest BCUT2D eigenvalue weighted by molar-refractivity contribution is -0.140. The summed E-state index contributed by atoms with van der Waals surface area (Å²) < 4.78 is 5.37. The lowest BCUT2D eigenvalue weighted by Crippen LogP contribution is -2.51. The number of anilines is 1. The van der Waals surface area contributed by atoms with Crippen LogP contribution < -0.4 is 10.6 Å². The van der Waals surface area contributed by atoms with Gasteiger partial charge in [-0.25, -0.2) is 4.79 Å². The molecule has 0 spiro atoms. The first-order chi connectivity index (χ1) is 19.9. The minimum atomic E-state index is -1.14. The third kappa shape index (κ3) is 8.96. The van der Waals surface area contributed by atoms with Gasteiger partial charge in [-0.1, -0.05) is 81.1 Å². The van der Waals surface area contributed by atoms with Crippen molar-refractivity contribution in [2.75, 3.05) is 11.9 Å². The number of hydrogen-bond donors (Lipinski definition) is 3. The van der Waals surface area contributed by atoms with Crippen molar-refractivity contribution >= 4 is 34.4 Å². The molecule has 2 unspecified atom stereocenters. The summed E-state index contributed by atoms with van der Waals surface area (Å²) >= 11 is 0. The highest BCUT2D eigenvalue weighted by molar-refractivity contribution is 6.00. The summed E-state index contributed by atoms with van der Waals surface area (Å²) in [5.74, 6) is -0.957. The van der Waals surface area contributed by atoms with Crippen molar-refractivity contribution in [3.05, 3.63) is 71.8 Å². The molecule has 3 amide bonds. The topological polar surface area (TPSA) is 108 Å². The summed E-state index contributed by atoms with van der Waals surface area (Å²) in [5.41, 5.74) is 0.749. The number of phenolic OH excluding ortho intramolecular Hbond substituents is 1. The van der Waals surface area contributed by atoms with Gasteiger partial charge in [0.05, 0.1) is 0 Å². The molecule has 3 aromatic carbocycles. The second-order valence-electron chi connectivity index (χ2n) is 11.8. The molecule has 0 heterocycles. The number of nitrogens with one attached hydrogen (secondary N) is 2. The van der Waals surface area contributed by atoms with Crippen LogP contribution in [0.15, 0.2) is 60.7 Å². The number of benzene rings is 3. The largest absolute Gasteiger partial charge is 0.507 e. The molecular weight excluding hydrogens is 530 g/mol. The monoisotopic (exact) mass is 575 g/mol. The summed E-state index contributed by atoms with van der Waals surface area (Å²) in [7, 11) is 0. The van der Waals surface area contributed by atoms with Crippen molar-refractivity contribution in [3.63, 3.8) is 0 Å². The standard InChI is InChI=1S/C34H45N3O5/c1-7-8-9-10-13-21-37(32(40)24(3)35-33(41)42-34(4,5)6)29(28-18-14-15-23(2)30(28)38)31(39)36-27-20-19-25-16-11-12-17-26(25)22-27/h11-12,14-20,22,24,29,38H,7-10,13,21H2,1-6H3,(H,35,41)(H,36,39). The Balaban J connectivity index is 1.99. The quantitative estimate of drug-likeness (QED) is 0.197. The van der Waals surface area contributed by atoms with Gasteiger partial charge in [0.1, 0.15) is 23.4 Å². The molecular formula is C34H45N3O5. The Morgan fingerprint density at radius 1 is 0.929 bits per heavy atom. The van der Waals surface area contributed by atoms with Crippen LogP contribution in [0, 0.1) is 6.92 Å². The first-order valence-electron chi connectivity index (χ1n) is 14.8. The van der Waals surface area contributed by atoms with Crippen LogP contribution in [-0.2, 0) is 14.3 Å². The number of para-hydroxylation sites is 1. The highest BCUT2D eigenvalue weighted by Crippen LogP contribution is 2.33. The maximum absolute atomic E-state index is 14.1. The van der Waals surface area contributed by atoms with Crippen molar-refractivity contribution in [3.8, 4) is 5.75 Å². The average molecular weight is 576 g/mol. The number of amides is 3. The molecule has 0 aromatic heterocycles. The molecule has 0 radical (unpaired) electrons. The first kappa shape index (κ1) is 32.4. The zero-order valence-electron chi connectivity index (χ0n) is 25.7. The Hall–Kier alpha value is -4.07. The number of nitrogens with zero attached hydrogens (tertiary/aromatic N) is 1. The van der Waals surface area contributed by atoms with E-state index >= 15 is 0 Å². The number of rotatable bonds is 12. The van der Waals surface area contributed by atoms with Crippen LogP contribution >= 0.6 is 0 Å². The fraction of sp³-hybridized carbons (Fsp3) is 0.441. The maximum atomic E-state index is 14.1. The molecule has 0 saturated carbocycles. The molecule has 3 aromatic rings. The fourth-order valence-electron chi connectivity index (χ4n) is 4.88. The first-order valence-corrected chi connectivity index (χ1v) is 14.8. The van der Waals surface area contributed by atoms with E-state index in [1.54, 1.807) is 52.8 Å². The summed E-state index contributed by atoms with van der Waals surface area (Å²) in [6, 6.07) is 16.5. The van der Waals surface area contributed by atoms with Crippen LogP contribution in [-0.4, -0.2) is 46.1 Å². The summed E-state index contributed by atoms with van der Waals surface area (Å²) in [4.78, 5) is 42.1. The van der Waals surface area contributed by atoms with Gasteiger partial charge in [0.25, 0.3) is 5.91 Å². The zero-order valence-corrected chi connectivity index (χ0v) is 25.7. The van der Waals surface area contributed by atoms with Crippen LogP contribution in [0.4, 0.5) is 10.5 Å². The van der Waals surface area contributed by atoms with Gasteiger partial charge in [0.2, 0.25) is 5.91 Å². The lowest BCUT2D eigenvalue weighted by Gasteiger charge is -2.34. The van der Waals surface area contributed by atoms with Crippen molar-refractivity contribution in [2.45, 2.75) is 91.3 Å². The summed E-state index contributed by atoms with van der Waals surface area (Å²) in [6.07, 6.45) is 3.99. The molecule has 226 valence electrons. The van der Waals surface area contributed by atoms with Crippen LogP contribution in [0.5, 0.6) is 5.75 Å². The molecule has 0 aliphatic carbocycles. The van der Waals surface area contributed by atoms with E-state index in [2.05, 4.69) is 17.6 Å². The Morgan fingerprint density at radius 2 is 1.62 bits per heavy atom. The SMILES string of the molecule is CCCCCCCN(C(=O)C(C)NC(=O)OC(C)(C)C)C(C(=O)Nc1ccc2ccccc2c1)c1cccc(C)c1O. The van der Waals surface area contributed by atoms with Gasteiger partial charge in [0.15, 0.2) is 0 Å². The van der Waals surface area contributed by atoms with E-state index in [1.807, 2.05) is 42.5 Å². The van der Waals surface area contributed by atoms with Gasteiger partial charge < -0.3 is 25.4 Å². The van der Waals surface area contributed by atoms with Crippen LogP contribution in [0.25, 0.3) is 10.8 Å². The van der Waals surface area contributed by atoms with Gasteiger partial charge in [-0.3, -0.25) is 9.59 Å². The minimum absolute atomic E-state index is 0.0484. The molecule has 0 bridgehead atoms. The number of carbonyl (C=O) groups is 3. The van der Waals surface area contributed by atoms with Crippen LogP contribution in [0.1, 0.15) is 83.9 Å². The molecule has 3 rings (SSSR count). The van der Waals surface area contributed by atoms with Crippen LogP contribution in [0.3, 0.4) is 0 Å². The van der Waals surface area contributed by atoms with Crippen molar-refractivity contribution < 1.29 is 24.2 Å². The van der Waals surface area contributed by atoms with Gasteiger partial charge in [-0.05, 0) is 69.5 Å². The number of carbonyl (C=O) groups excluding carboxylic acids is 3. The summed E-state index contributed by atoms with van der Waals surface area (Å²) in [5, 5.41) is 18.7. The van der Waals surface area contributed by atoms with E-state index in [4.69, 9.17) is 4.74 Å². The molecule has 0 fully saturated rings. The molecule has 8 nitrogen and oxygen atoms in total. The number of hydrogen-bond acceptors (Lipinski definition) is 5. The van der Waals surface area contributed by atoms with E-state index in [0.29, 0.717) is 23.2 Å².